The fourth-order valence-corrected chi connectivity index (χ4v) is 4.07. The first-order chi connectivity index (χ1) is 14.1. The monoisotopic (exact) mass is 387 g/mol. The minimum Gasteiger partial charge on any atom is -0.316 e. The van der Waals surface area contributed by atoms with Crippen molar-refractivity contribution in [3.63, 3.8) is 0 Å². The fourth-order valence-electron chi connectivity index (χ4n) is 4.07. The third-order valence-corrected chi connectivity index (χ3v) is 5.52. The van der Waals surface area contributed by atoms with E-state index in [-0.39, 0.29) is 5.82 Å². The van der Waals surface area contributed by atoms with Gasteiger partial charge < -0.3 is 5.32 Å². The van der Waals surface area contributed by atoms with Crippen molar-refractivity contribution in [3.05, 3.63) is 59.5 Å². The van der Waals surface area contributed by atoms with E-state index in [1.807, 2.05) is 38.4 Å². The summed E-state index contributed by atoms with van der Waals surface area (Å²) in [5.41, 5.74) is 6.25. The van der Waals surface area contributed by atoms with Crippen LogP contribution in [0.25, 0.3) is 38.6 Å². The molecule has 0 amide bonds. The molecule has 0 radical (unpaired) electrons. The number of aromatic nitrogens is 4. The summed E-state index contributed by atoms with van der Waals surface area (Å²) in [6, 6.07) is 9.42. The van der Waals surface area contributed by atoms with Crippen molar-refractivity contribution in [2.24, 2.45) is 7.05 Å². The lowest BCUT2D eigenvalue weighted by Crippen LogP contribution is -2.13. The van der Waals surface area contributed by atoms with Gasteiger partial charge in [0.15, 0.2) is 0 Å². The molecule has 2 aromatic heterocycles. The number of rotatable bonds is 2. The molecule has 0 unspecified atom stereocenters. The molecular formula is C23H22FN5. The van der Waals surface area contributed by atoms with Gasteiger partial charge in [0.1, 0.15) is 5.82 Å². The SMILES string of the molecule is Cc1cc(-c2cc3c(F)cc(C4=CCCNCC4)cc3nn2)cc2cn(C)nc12. The molecule has 1 N–H and O–H groups in total. The first-order valence-electron chi connectivity index (χ1n) is 9.90. The molecule has 29 heavy (non-hydrogen) atoms. The summed E-state index contributed by atoms with van der Waals surface area (Å²) in [6.07, 6.45) is 6.01. The van der Waals surface area contributed by atoms with E-state index in [1.54, 1.807) is 16.8 Å². The van der Waals surface area contributed by atoms with Crippen LogP contribution in [0.5, 0.6) is 0 Å². The molecule has 2 aromatic carbocycles. The van der Waals surface area contributed by atoms with Crippen LogP contribution in [0.4, 0.5) is 4.39 Å². The van der Waals surface area contributed by atoms with Crippen LogP contribution < -0.4 is 5.32 Å². The highest BCUT2D eigenvalue weighted by Crippen LogP contribution is 2.30. The van der Waals surface area contributed by atoms with E-state index >= 15 is 4.39 Å². The van der Waals surface area contributed by atoms with Gasteiger partial charge in [-0.15, -0.1) is 10.2 Å². The Morgan fingerprint density at radius 2 is 1.93 bits per heavy atom. The van der Waals surface area contributed by atoms with Gasteiger partial charge in [-0.1, -0.05) is 6.08 Å². The third-order valence-electron chi connectivity index (χ3n) is 5.52. The Bertz CT molecular complexity index is 1270. The van der Waals surface area contributed by atoms with E-state index in [0.717, 1.165) is 53.5 Å². The molecule has 0 spiro atoms. The lowest BCUT2D eigenvalue weighted by Gasteiger charge is -2.09. The molecule has 0 atom stereocenters. The molecule has 1 aliphatic rings. The van der Waals surface area contributed by atoms with E-state index in [2.05, 4.69) is 26.7 Å². The minimum absolute atomic E-state index is 0.258. The van der Waals surface area contributed by atoms with Crippen molar-refractivity contribution in [2.75, 3.05) is 13.1 Å². The van der Waals surface area contributed by atoms with Crippen molar-refractivity contribution in [1.82, 2.24) is 25.3 Å². The molecule has 4 aromatic rings. The maximum Gasteiger partial charge on any atom is 0.133 e. The number of nitrogens with one attached hydrogen (secondary N) is 1. The van der Waals surface area contributed by atoms with E-state index in [0.29, 0.717) is 16.6 Å². The maximum absolute atomic E-state index is 15.0. The van der Waals surface area contributed by atoms with Crippen LogP contribution in [0, 0.1) is 12.7 Å². The van der Waals surface area contributed by atoms with Crippen LogP contribution in [0.3, 0.4) is 0 Å². The molecule has 146 valence electrons. The normalized spacial score (nSPS) is 14.9. The van der Waals surface area contributed by atoms with Crippen molar-refractivity contribution >= 4 is 27.4 Å². The van der Waals surface area contributed by atoms with Gasteiger partial charge in [0.25, 0.3) is 0 Å². The molecule has 0 aliphatic carbocycles. The summed E-state index contributed by atoms with van der Waals surface area (Å²) in [7, 11) is 1.90. The lowest BCUT2D eigenvalue weighted by atomic mass is 9.99. The van der Waals surface area contributed by atoms with Gasteiger partial charge in [0.2, 0.25) is 0 Å². The van der Waals surface area contributed by atoms with Gasteiger partial charge in [0.05, 0.1) is 16.7 Å². The minimum atomic E-state index is -0.258. The number of hydrogen-bond donors (Lipinski definition) is 1. The average molecular weight is 387 g/mol. The predicted molar refractivity (Wildman–Crippen MR) is 114 cm³/mol. The Morgan fingerprint density at radius 1 is 1.03 bits per heavy atom. The topological polar surface area (TPSA) is 55.6 Å². The smallest absolute Gasteiger partial charge is 0.133 e. The van der Waals surface area contributed by atoms with Crippen LogP contribution in [-0.4, -0.2) is 33.1 Å². The van der Waals surface area contributed by atoms with Crippen LogP contribution in [0.2, 0.25) is 0 Å². The van der Waals surface area contributed by atoms with E-state index in [1.165, 1.54) is 5.57 Å². The van der Waals surface area contributed by atoms with Crippen molar-refractivity contribution < 1.29 is 4.39 Å². The predicted octanol–water partition coefficient (Wildman–Crippen LogP) is 4.40. The molecule has 5 nitrogen and oxygen atoms in total. The highest BCUT2D eigenvalue weighted by Gasteiger charge is 2.13. The van der Waals surface area contributed by atoms with E-state index < -0.39 is 0 Å². The number of hydrogen-bond acceptors (Lipinski definition) is 4. The van der Waals surface area contributed by atoms with Gasteiger partial charge >= 0.3 is 0 Å². The lowest BCUT2D eigenvalue weighted by molar-refractivity contribution is 0.638. The Labute approximate surface area is 168 Å². The second kappa shape index (κ2) is 7.04. The Kier molecular flexibility index (Phi) is 4.36. The molecule has 6 heteroatoms. The second-order valence-electron chi connectivity index (χ2n) is 7.67. The van der Waals surface area contributed by atoms with Crippen LogP contribution in [0.1, 0.15) is 24.0 Å². The van der Waals surface area contributed by atoms with Gasteiger partial charge in [-0.25, -0.2) is 4.39 Å². The van der Waals surface area contributed by atoms with Gasteiger partial charge in [-0.05, 0) is 79.9 Å². The molecule has 0 fully saturated rings. The zero-order valence-electron chi connectivity index (χ0n) is 16.5. The Hall–Kier alpha value is -3.12. The standard InChI is InChI=1S/C23H22FN5/c1-14-8-17(9-18-13-29(2)28-23(14)18)21-12-19-20(24)10-16(11-22(19)27-26-21)15-4-3-6-25-7-5-15/h4,8-13,25H,3,5-7H2,1-2H3. The maximum atomic E-state index is 15.0. The largest absolute Gasteiger partial charge is 0.316 e. The average Bonchev–Trinajstić information content (AvgIpc) is 2.90. The summed E-state index contributed by atoms with van der Waals surface area (Å²) < 4.78 is 16.8. The number of benzene rings is 2. The Balaban J connectivity index is 1.59. The zero-order chi connectivity index (χ0) is 20.0. The summed E-state index contributed by atoms with van der Waals surface area (Å²) in [5, 5.41) is 18.1. The first-order valence-corrected chi connectivity index (χ1v) is 9.90. The highest BCUT2D eigenvalue weighted by atomic mass is 19.1. The van der Waals surface area contributed by atoms with Crippen molar-refractivity contribution in [3.8, 4) is 11.3 Å². The number of aryl methyl sites for hydroxylation is 2. The Morgan fingerprint density at radius 3 is 2.83 bits per heavy atom. The molecule has 5 rings (SSSR count). The second-order valence-corrected chi connectivity index (χ2v) is 7.67. The number of nitrogens with zero attached hydrogens (tertiary/aromatic N) is 4. The summed E-state index contributed by atoms with van der Waals surface area (Å²) >= 11 is 0. The van der Waals surface area contributed by atoms with Crippen molar-refractivity contribution in [2.45, 2.75) is 19.8 Å². The van der Waals surface area contributed by atoms with Gasteiger partial charge in [-0.2, -0.15) is 5.10 Å². The summed E-state index contributed by atoms with van der Waals surface area (Å²) in [5.74, 6) is -0.258. The van der Waals surface area contributed by atoms with E-state index in [9.17, 15) is 0 Å². The first kappa shape index (κ1) is 17.9. The molecule has 0 saturated carbocycles. The quantitative estimate of drug-likeness (QED) is 0.554. The summed E-state index contributed by atoms with van der Waals surface area (Å²) in [6.45, 7) is 3.89. The molecule has 0 saturated heterocycles. The fraction of sp³-hybridized carbons (Fsp3) is 0.261. The van der Waals surface area contributed by atoms with Crippen LogP contribution in [-0.2, 0) is 7.05 Å². The highest BCUT2D eigenvalue weighted by molar-refractivity contribution is 5.89. The van der Waals surface area contributed by atoms with Crippen LogP contribution >= 0.6 is 0 Å². The molecular weight excluding hydrogens is 365 g/mol. The molecule has 0 bridgehead atoms. The third kappa shape index (κ3) is 3.29. The summed E-state index contributed by atoms with van der Waals surface area (Å²) in [4.78, 5) is 0. The van der Waals surface area contributed by atoms with Crippen LogP contribution in [0.15, 0.2) is 42.6 Å². The van der Waals surface area contributed by atoms with Gasteiger partial charge in [-0.3, -0.25) is 4.68 Å². The molecule has 1 aliphatic heterocycles. The number of fused-ring (bicyclic) bond motifs is 2. The van der Waals surface area contributed by atoms with Gasteiger partial charge in [0, 0.05) is 29.6 Å². The van der Waals surface area contributed by atoms with E-state index in [4.69, 9.17) is 0 Å². The molecule has 3 heterocycles. The zero-order valence-corrected chi connectivity index (χ0v) is 16.5. The number of halogens is 1. The van der Waals surface area contributed by atoms with Crippen molar-refractivity contribution in [1.29, 1.82) is 0 Å².